The van der Waals surface area contributed by atoms with Crippen molar-refractivity contribution in [2.24, 2.45) is 0 Å². The third-order valence-electron chi connectivity index (χ3n) is 5.01. The fraction of sp³-hybridized carbons (Fsp3) is 0.429. The van der Waals surface area contributed by atoms with Gasteiger partial charge in [-0.1, -0.05) is 45.9 Å². The van der Waals surface area contributed by atoms with E-state index in [4.69, 9.17) is 9.47 Å². The van der Waals surface area contributed by atoms with E-state index in [2.05, 4.69) is 10.6 Å². The highest BCUT2D eigenvalue weighted by molar-refractivity contribution is 8.76. The second kappa shape index (κ2) is 14.3. The van der Waals surface area contributed by atoms with Crippen LogP contribution in [-0.4, -0.2) is 57.0 Å². The first-order chi connectivity index (χ1) is 18.5. The third-order valence-corrected chi connectivity index (χ3v) is 7.43. The van der Waals surface area contributed by atoms with Crippen LogP contribution < -0.4 is 10.6 Å². The number of rotatable bonds is 11. The zero-order valence-electron chi connectivity index (χ0n) is 23.3. The molecule has 0 radical (unpaired) electrons. The van der Waals surface area contributed by atoms with Crippen LogP contribution in [0.2, 0.25) is 0 Å². The molecule has 10 nitrogen and oxygen atoms in total. The Labute approximate surface area is 242 Å². The van der Waals surface area contributed by atoms with Crippen molar-refractivity contribution < 1.29 is 38.9 Å². The molecule has 4 N–H and O–H groups in total. The molecule has 2 amide bonds. The normalized spacial score (nSPS) is 13.1. The maximum absolute atomic E-state index is 12.5. The topological polar surface area (TPSA) is 151 Å². The minimum atomic E-state index is -1.08. The quantitative estimate of drug-likeness (QED) is 0.173. The lowest BCUT2D eigenvalue weighted by molar-refractivity contribution is 0.0497. The number of hydrogen-bond acceptors (Lipinski definition) is 8. The first-order valence-electron chi connectivity index (χ1n) is 12.4. The predicted octanol–water partition coefficient (Wildman–Crippen LogP) is 6.30. The van der Waals surface area contributed by atoms with Crippen LogP contribution in [-0.2, 0) is 9.47 Å². The van der Waals surface area contributed by atoms with E-state index in [0.717, 1.165) is 0 Å². The molecule has 2 atom stereocenters. The predicted molar refractivity (Wildman–Crippen MR) is 156 cm³/mol. The SMILES string of the molecule is CC(C)(C)OC(=O)NC(CSSCC(NC(=O)OC(C)(C)C)c1cccc(C(=O)O)c1)c1cccc(C(=O)O)c1. The molecule has 2 unspecified atom stereocenters. The first-order valence-corrected chi connectivity index (χ1v) is 14.9. The summed E-state index contributed by atoms with van der Waals surface area (Å²) in [6, 6.07) is 11.5. The average Bonchev–Trinajstić information content (AvgIpc) is 2.83. The molecule has 0 bridgehead atoms. The number of nitrogens with one attached hydrogen (secondary N) is 2. The summed E-state index contributed by atoms with van der Waals surface area (Å²) in [5, 5.41) is 24.4. The van der Waals surface area contributed by atoms with Gasteiger partial charge in [0.05, 0.1) is 23.2 Å². The van der Waals surface area contributed by atoms with Gasteiger partial charge in [0.1, 0.15) is 11.2 Å². The summed E-state index contributed by atoms with van der Waals surface area (Å²) in [4.78, 5) is 48.1. The number of alkyl carbamates (subject to hydrolysis) is 2. The summed E-state index contributed by atoms with van der Waals surface area (Å²) >= 11 is 0. The lowest BCUT2D eigenvalue weighted by Crippen LogP contribution is -2.36. The Morgan fingerprint density at radius 3 is 1.35 bits per heavy atom. The van der Waals surface area contributed by atoms with E-state index >= 15 is 0 Å². The van der Waals surface area contributed by atoms with Crippen molar-refractivity contribution in [2.45, 2.75) is 64.8 Å². The summed E-state index contributed by atoms with van der Waals surface area (Å²) in [5.41, 5.74) is -0.0698. The van der Waals surface area contributed by atoms with Gasteiger partial charge in [0.15, 0.2) is 0 Å². The molecule has 0 saturated carbocycles. The number of carboxylic acids is 2. The van der Waals surface area contributed by atoms with E-state index in [9.17, 15) is 29.4 Å². The molecule has 0 aromatic heterocycles. The van der Waals surface area contributed by atoms with Crippen molar-refractivity contribution in [1.29, 1.82) is 0 Å². The Morgan fingerprint density at radius 1 is 0.700 bits per heavy atom. The lowest BCUT2D eigenvalue weighted by Gasteiger charge is -2.25. The van der Waals surface area contributed by atoms with Crippen molar-refractivity contribution in [3.8, 4) is 0 Å². The summed E-state index contributed by atoms with van der Waals surface area (Å²) in [6.07, 6.45) is -1.28. The highest BCUT2D eigenvalue weighted by atomic mass is 33.1. The second-order valence-electron chi connectivity index (χ2n) is 10.8. The molecule has 0 aliphatic rings. The summed E-state index contributed by atoms with van der Waals surface area (Å²) in [6.45, 7) is 10.5. The van der Waals surface area contributed by atoms with Crippen LogP contribution >= 0.6 is 21.6 Å². The van der Waals surface area contributed by atoms with Crippen molar-refractivity contribution in [3.63, 3.8) is 0 Å². The number of ether oxygens (including phenoxy) is 2. The Morgan fingerprint density at radius 2 is 1.05 bits per heavy atom. The van der Waals surface area contributed by atoms with E-state index < -0.39 is 47.4 Å². The molecule has 0 heterocycles. The molecule has 0 aliphatic carbocycles. The molecule has 2 rings (SSSR count). The number of benzene rings is 2. The van der Waals surface area contributed by atoms with Crippen molar-refractivity contribution in [3.05, 3.63) is 70.8 Å². The van der Waals surface area contributed by atoms with E-state index in [1.807, 2.05) is 0 Å². The van der Waals surface area contributed by atoms with Gasteiger partial charge in [0.2, 0.25) is 0 Å². The molecule has 0 fully saturated rings. The van der Waals surface area contributed by atoms with Gasteiger partial charge in [0.25, 0.3) is 0 Å². The van der Waals surface area contributed by atoms with Crippen LogP contribution in [0, 0.1) is 0 Å². The lowest BCUT2D eigenvalue weighted by atomic mass is 10.1. The van der Waals surface area contributed by atoms with Gasteiger partial charge >= 0.3 is 24.1 Å². The second-order valence-corrected chi connectivity index (χ2v) is 13.4. The van der Waals surface area contributed by atoms with Crippen molar-refractivity contribution in [2.75, 3.05) is 11.5 Å². The smallest absolute Gasteiger partial charge is 0.408 e. The molecular formula is C28H36N2O8S2. The van der Waals surface area contributed by atoms with E-state index in [0.29, 0.717) is 22.6 Å². The Kier molecular flexibility index (Phi) is 11.7. The van der Waals surface area contributed by atoms with Gasteiger partial charge in [-0.2, -0.15) is 0 Å². The molecule has 2 aromatic rings. The molecule has 2 aromatic carbocycles. The van der Waals surface area contributed by atoms with Gasteiger partial charge in [-0.05, 0) is 76.9 Å². The van der Waals surface area contributed by atoms with E-state index in [1.54, 1.807) is 65.8 Å². The molecule has 218 valence electrons. The van der Waals surface area contributed by atoms with E-state index in [1.165, 1.54) is 45.9 Å². The summed E-state index contributed by atoms with van der Waals surface area (Å²) in [5.74, 6) is -1.47. The minimum Gasteiger partial charge on any atom is -0.478 e. The van der Waals surface area contributed by atoms with Crippen LogP contribution in [0.1, 0.15) is 85.5 Å². The zero-order chi connectivity index (χ0) is 30.1. The molecule has 12 heteroatoms. The number of hydrogen-bond donors (Lipinski definition) is 4. The average molecular weight is 593 g/mol. The Bertz CT molecular complexity index is 1110. The van der Waals surface area contributed by atoms with Gasteiger partial charge in [-0.25, -0.2) is 19.2 Å². The number of carbonyl (C=O) groups excluding carboxylic acids is 2. The van der Waals surface area contributed by atoms with Crippen LogP contribution in [0.3, 0.4) is 0 Å². The number of aromatic carboxylic acids is 2. The van der Waals surface area contributed by atoms with E-state index in [-0.39, 0.29) is 11.1 Å². The Hall–Kier alpha value is -3.38. The standard InChI is InChI=1S/C28H36N2O8S2/c1-27(2,3)37-25(35)29-21(17-9-7-11-19(13-17)23(31)32)15-39-40-16-22(30-26(36)38-28(4,5)6)18-10-8-12-20(14-18)24(33)34/h7-14,21-22H,15-16H2,1-6H3,(H,29,35)(H,30,36)(H,31,32)(H,33,34). The van der Waals surface area contributed by atoms with Crippen molar-refractivity contribution >= 4 is 45.7 Å². The molecule has 0 spiro atoms. The zero-order valence-corrected chi connectivity index (χ0v) is 25.0. The number of carbonyl (C=O) groups is 4. The molecular weight excluding hydrogens is 556 g/mol. The van der Waals surface area contributed by atoms with Gasteiger partial charge in [-0.3, -0.25) is 0 Å². The van der Waals surface area contributed by atoms with Crippen molar-refractivity contribution in [1.82, 2.24) is 10.6 Å². The highest BCUT2D eigenvalue weighted by Gasteiger charge is 2.24. The fourth-order valence-electron chi connectivity index (χ4n) is 3.35. The molecule has 0 saturated heterocycles. The summed E-state index contributed by atoms with van der Waals surface area (Å²) in [7, 11) is 2.79. The largest absolute Gasteiger partial charge is 0.478 e. The molecule has 40 heavy (non-hydrogen) atoms. The van der Waals surface area contributed by atoms with Crippen LogP contribution in [0.5, 0.6) is 0 Å². The van der Waals surface area contributed by atoms with Crippen LogP contribution in [0.4, 0.5) is 9.59 Å². The van der Waals surface area contributed by atoms with Crippen LogP contribution in [0.15, 0.2) is 48.5 Å². The molecule has 0 aliphatic heterocycles. The number of carboxylic acid groups (broad SMARTS) is 2. The summed E-state index contributed by atoms with van der Waals surface area (Å²) < 4.78 is 10.8. The van der Waals surface area contributed by atoms with Gasteiger partial charge in [0, 0.05) is 11.5 Å². The van der Waals surface area contributed by atoms with Gasteiger partial charge in [-0.15, -0.1) is 0 Å². The monoisotopic (exact) mass is 592 g/mol. The fourth-order valence-corrected chi connectivity index (χ4v) is 5.76. The Balaban J connectivity index is 2.19. The highest BCUT2D eigenvalue weighted by Crippen LogP contribution is 2.32. The maximum atomic E-state index is 12.5. The van der Waals surface area contributed by atoms with Gasteiger partial charge < -0.3 is 30.3 Å². The maximum Gasteiger partial charge on any atom is 0.408 e. The van der Waals surface area contributed by atoms with Crippen LogP contribution in [0.25, 0.3) is 0 Å². The third kappa shape index (κ3) is 11.8. The number of amides is 2. The first kappa shape index (κ1) is 32.8. The minimum absolute atomic E-state index is 0.0890.